The number of carbonyl (C=O) groups is 1. The molecule has 6 nitrogen and oxygen atoms in total. The lowest BCUT2D eigenvalue weighted by Gasteiger charge is -2.14. The van der Waals surface area contributed by atoms with E-state index in [9.17, 15) is 24.4 Å². The summed E-state index contributed by atoms with van der Waals surface area (Å²) in [7, 11) is 0. The van der Waals surface area contributed by atoms with E-state index in [2.05, 4.69) is 0 Å². The molecule has 120 valence electrons. The summed E-state index contributed by atoms with van der Waals surface area (Å²) in [6.45, 7) is 0. The summed E-state index contributed by atoms with van der Waals surface area (Å²) in [5.74, 6) is -2.01. The van der Waals surface area contributed by atoms with Gasteiger partial charge in [-0.05, 0) is 24.3 Å². The minimum Gasteiger partial charge on any atom is -0.478 e. The molecule has 0 saturated heterocycles. The molecule has 8 heteroatoms. The fourth-order valence-corrected chi connectivity index (χ4v) is 2.49. The molecule has 0 aromatic heterocycles. The summed E-state index contributed by atoms with van der Waals surface area (Å²) >= 11 is 5.85. The number of carboxylic acid groups (broad SMARTS) is 1. The van der Waals surface area contributed by atoms with Crippen LogP contribution in [-0.4, -0.2) is 21.1 Å². The van der Waals surface area contributed by atoms with Crippen molar-refractivity contribution >= 4 is 23.3 Å². The SMILES string of the molecule is O=C(O)c1ccc([N+](=O)[O-])c(CC(O)c2c(F)cccc2Cl)c1. The van der Waals surface area contributed by atoms with Crippen LogP contribution in [0.3, 0.4) is 0 Å². The number of nitro benzene ring substituents is 1. The first-order chi connectivity index (χ1) is 10.8. The first kappa shape index (κ1) is 16.9. The lowest BCUT2D eigenvalue weighted by molar-refractivity contribution is -0.385. The predicted octanol–water partition coefficient (Wildman–Crippen LogP) is 3.36. The van der Waals surface area contributed by atoms with Crippen LogP contribution in [0.5, 0.6) is 0 Å². The molecule has 1 atom stereocenters. The van der Waals surface area contributed by atoms with E-state index in [1.165, 1.54) is 12.1 Å². The number of hydrogen-bond acceptors (Lipinski definition) is 4. The van der Waals surface area contributed by atoms with Crippen molar-refractivity contribution in [2.24, 2.45) is 0 Å². The van der Waals surface area contributed by atoms with Crippen molar-refractivity contribution in [1.29, 1.82) is 0 Å². The van der Waals surface area contributed by atoms with Crippen molar-refractivity contribution in [3.63, 3.8) is 0 Å². The van der Waals surface area contributed by atoms with Crippen molar-refractivity contribution in [3.05, 3.63) is 74.0 Å². The van der Waals surface area contributed by atoms with E-state index in [0.717, 1.165) is 24.3 Å². The number of halogens is 2. The number of hydrogen-bond donors (Lipinski definition) is 2. The predicted molar refractivity (Wildman–Crippen MR) is 80.1 cm³/mol. The monoisotopic (exact) mass is 339 g/mol. The van der Waals surface area contributed by atoms with Gasteiger partial charge in [-0.15, -0.1) is 0 Å². The maximum Gasteiger partial charge on any atom is 0.335 e. The highest BCUT2D eigenvalue weighted by molar-refractivity contribution is 6.31. The molecule has 0 aliphatic heterocycles. The van der Waals surface area contributed by atoms with Crippen LogP contribution in [0.2, 0.25) is 5.02 Å². The molecule has 0 aliphatic carbocycles. The van der Waals surface area contributed by atoms with Crippen molar-refractivity contribution < 1.29 is 24.3 Å². The van der Waals surface area contributed by atoms with Crippen LogP contribution < -0.4 is 0 Å². The lowest BCUT2D eigenvalue weighted by atomic mass is 9.98. The lowest BCUT2D eigenvalue weighted by Crippen LogP contribution is -2.08. The van der Waals surface area contributed by atoms with Gasteiger partial charge in [-0.25, -0.2) is 9.18 Å². The van der Waals surface area contributed by atoms with Crippen LogP contribution in [0.25, 0.3) is 0 Å². The van der Waals surface area contributed by atoms with Gasteiger partial charge in [0.2, 0.25) is 0 Å². The van der Waals surface area contributed by atoms with Gasteiger partial charge in [-0.3, -0.25) is 10.1 Å². The summed E-state index contributed by atoms with van der Waals surface area (Å²) in [6, 6.07) is 7.05. The van der Waals surface area contributed by atoms with Gasteiger partial charge in [0.25, 0.3) is 5.69 Å². The molecule has 2 rings (SSSR count). The molecule has 23 heavy (non-hydrogen) atoms. The molecule has 0 saturated carbocycles. The van der Waals surface area contributed by atoms with Gasteiger partial charge in [-0.1, -0.05) is 17.7 Å². The maximum absolute atomic E-state index is 13.8. The quantitative estimate of drug-likeness (QED) is 0.642. The molecule has 0 amide bonds. The second kappa shape index (κ2) is 6.72. The van der Waals surface area contributed by atoms with Gasteiger partial charge in [0.05, 0.1) is 16.6 Å². The minimum atomic E-state index is -1.45. The Bertz CT molecular complexity index is 760. The van der Waals surface area contributed by atoms with Crippen LogP contribution in [0, 0.1) is 15.9 Å². The third-order valence-electron chi connectivity index (χ3n) is 3.27. The minimum absolute atomic E-state index is 0.0189. The summed E-state index contributed by atoms with van der Waals surface area (Å²) in [6.07, 6.45) is -1.80. The zero-order valence-corrected chi connectivity index (χ0v) is 12.3. The zero-order valence-electron chi connectivity index (χ0n) is 11.6. The molecule has 2 aromatic carbocycles. The van der Waals surface area contributed by atoms with E-state index >= 15 is 0 Å². The Kier molecular flexibility index (Phi) is 4.92. The van der Waals surface area contributed by atoms with Gasteiger partial charge in [-0.2, -0.15) is 0 Å². The van der Waals surface area contributed by atoms with Crippen LogP contribution in [0.4, 0.5) is 10.1 Å². The Morgan fingerprint density at radius 3 is 2.61 bits per heavy atom. The highest BCUT2D eigenvalue weighted by Gasteiger charge is 2.23. The van der Waals surface area contributed by atoms with Crippen molar-refractivity contribution in [2.75, 3.05) is 0 Å². The Labute approximate surface area is 134 Å². The van der Waals surface area contributed by atoms with Gasteiger partial charge in [0, 0.05) is 28.6 Å². The number of nitro groups is 1. The summed E-state index contributed by atoms with van der Waals surface area (Å²) in [5.41, 5.74) is -0.746. The molecule has 0 spiro atoms. The molecule has 2 aromatic rings. The zero-order chi connectivity index (χ0) is 17.1. The highest BCUT2D eigenvalue weighted by atomic mass is 35.5. The number of aromatic carboxylic acids is 1. The smallest absolute Gasteiger partial charge is 0.335 e. The maximum atomic E-state index is 13.8. The normalized spacial score (nSPS) is 12.0. The Hall–Kier alpha value is -2.51. The average Bonchev–Trinajstić information content (AvgIpc) is 2.46. The van der Waals surface area contributed by atoms with Gasteiger partial charge >= 0.3 is 5.97 Å². The van der Waals surface area contributed by atoms with E-state index in [1.807, 2.05) is 0 Å². The van der Waals surface area contributed by atoms with E-state index in [-0.39, 0.29) is 33.8 Å². The molecule has 0 fully saturated rings. The molecular formula is C15H11ClFNO5. The fourth-order valence-electron chi connectivity index (χ4n) is 2.20. The Balaban J connectivity index is 2.43. The number of aliphatic hydroxyl groups is 1. The van der Waals surface area contributed by atoms with Crippen LogP contribution in [0.1, 0.15) is 27.6 Å². The topological polar surface area (TPSA) is 101 Å². The highest BCUT2D eigenvalue weighted by Crippen LogP contribution is 2.31. The van der Waals surface area contributed by atoms with E-state index in [1.54, 1.807) is 0 Å². The van der Waals surface area contributed by atoms with Crippen molar-refractivity contribution in [3.8, 4) is 0 Å². The molecule has 0 heterocycles. The van der Waals surface area contributed by atoms with Gasteiger partial charge < -0.3 is 10.2 Å². The summed E-state index contributed by atoms with van der Waals surface area (Å²) < 4.78 is 13.8. The van der Waals surface area contributed by atoms with E-state index < -0.39 is 22.8 Å². The first-order valence-corrected chi connectivity index (χ1v) is 6.81. The number of aliphatic hydroxyl groups excluding tert-OH is 1. The largest absolute Gasteiger partial charge is 0.478 e. The summed E-state index contributed by atoms with van der Waals surface area (Å²) in [5, 5.41) is 30.2. The fraction of sp³-hybridized carbons (Fsp3) is 0.133. The number of carboxylic acids is 1. The molecule has 0 radical (unpaired) electrons. The third-order valence-corrected chi connectivity index (χ3v) is 3.60. The Morgan fingerprint density at radius 1 is 1.35 bits per heavy atom. The van der Waals surface area contributed by atoms with Crippen LogP contribution >= 0.6 is 11.6 Å². The van der Waals surface area contributed by atoms with Crippen molar-refractivity contribution in [2.45, 2.75) is 12.5 Å². The van der Waals surface area contributed by atoms with Crippen LogP contribution in [-0.2, 0) is 6.42 Å². The second-order valence-electron chi connectivity index (χ2n) is 4.76. The van der Waals surface area contributed by atoms with E-state index in [0.29, 0.717) is 0 Å². The molecule has 0 bridgehead atoms. The third kappa shape index (κ3) is 3.64. The summed E-state index contributed by atoms with van der Waals surface area (Å²) in [4.78, 5) is 21.3. The van der Waals surface area contributed by atoms with Crippen molar-refractivity contribution in [1.82, 2.24) is 0 Å². The average molecular weight is 340 g/mol. The first-order valence-electron chi connectivity index (χ1n) is 6.44. The van der Waals surface area contributed by atoms with Gasteiger partial charge in [0.1, 0.15) is 5.82 Å². The Morgan fingerprint density at radius 2 is 2.04 bits per heavy atom. The number of benzene rings is 2. The van der Waals surface area contributed by atoms with Gasteiger partial charge in [0.15, 0.2) is 0 Å². The van der Waals surface area contributed by atoms with E-state index in [4.69, 9.17) is 16.7 Å². The standard InChI is InChI=1S/C15H11ClFNO5/c16-10-2-1-3-11(17)14(10)13(19)7-9-6-8(15(20)21)4-5-12(9)18(22)23/h1-6,13,19H,7H2,(H,20,21). The molecule has 0 aliphatic rings. The molecule has 2 N–H and O–H groups in total. The molecular weight excluding hydrogens is 329 g/mol. The number of nitrogens with zero attached hydrogens (tertiary/aromatic N) is 1. The molecule has 1 unspecified atom stereocenters. The second-order valence-corrected chi connectivity index (χ2v) is 5.17. The number of rotatable bonds is 5. The van der Waals surface area contributed by atoms with Crippen LogP contribution in [0.15, 0.2) is 36.4 Å².